The van der Waals surface area contributed by atoms with E-state index in [9.17, 15) is 43.8 Å². The van der Waals surface area contributed by atoms with Crippen LogP contribution in [0.25, 0.3) is 0 Å². The molecule has 0 amide bonds. The summed E-state index contributed by atoms with van der Waals surface area (Å²) in [5.41, 5.74) is 0. The highest BCUT2D eigenvalue weighted by atomic mass is 31.2. The molecule has 5 N–H and O–H groups in total. The van der Waals surface area contributed by atoms with Crippen LogP contribution >= 0.6 is 15.6 Å². The molecule has 0 fully saturated rings. The molecule has 0 aliphatic heterocycles. The highest BCUT2D eigenvalue weighted by Gasteiger charge is 2.28. The van der Waals surface area contributed by atoms with Crippen LogP contribution in [0.5, 0.6) is 0 Å². The van der Waals surface area contributed by atoms with E-state index in [1.807, 2.05) is 36.5 Å². The van der Waals surface area contributed by atoms with E-state index < -0.39 is 85.5 Å². The van der Waals surface area contributed by atoms with Crippen molar-refractivity contribution in [2.45, 2.75) is 148 Å². The fourth-order valence-electron chi connectivity index (χ4n) is 5.24. The van der Waals surface area contributed by atoms with Crippen molar-refractivity contribution < 1.29 is 71.4 Å². The molecule has 5 atom stereocenters. The molecule has 0 radical (unpaired) electrons. The van der Waals surface area contributed by atoms with Crippen molar-refractivity contribution in [1.29, 1.82) is 0 Å². The molecule has 0 aromatic heterocycles. The first-order valence-electron chi connectivity index (χ1n) is 23.3. The molecular formula is C49H80O15P2. The van der Waals surface area contributed by atoms with Gasteiger partial charge in [-0.15, -0.1) is 0 Å². The zero-order valence-corrected chi connectivity index (χ0v) is 41.1. The summed E-state index contributed by atoms with van der Waals surface area (Å²) in [5.74, 6) is -1.10. The van der Waals surface area contributed by atoms with Gasteiger partial charge in [0.05, 0.1) is 26.4 Å². The van der Waals surface area contributed by atoms with Crippen molar-refractivity contribution in [3.05, 3.63) is 109 Å². The van der Waals surface area contributed by atoms with Crippen LogP contribution in [-0.4, -0.2) is 95.0 Å². The number of hydrogen-bond donors (Lipinski definition) is 5. The lowest BCUT2D eigenvalue weighted by molar-refractivity contribution is -0.148. The molecule has 0 saturated heterocycles. The van der Waals surface area contributed by atoms with Gasteiger partial charge in [0.1, 0.15) is 31.5 Å². The average Bonchev–Trinajstić information content (AvgIpc) is 3.29. The number of ether oxygens (including phenoxy) is 2. The summed E-state index contributed by atoms with van der Waals surface area (Å²) in [5, 5.41) is 30.0. The van der Waals surface area contributed by atoms with Gasteiger partial charge in [-0.05, 0) is 70.6 Å². The minimum absolute atomic E-state index is 0.0653. The van der Waals surface area contributed by atoms with Crippen LogP contribution in [0.15, 0.2) is 109 Å². The van der Waals surface area contributed by atoms with Crippen molar-refractivity contribution >= 4 is 27.6 Å². The Balaban J connectivity index is 4.00. The number of carbonyl (C=O) groups excluding carboxylic acids is 2. The number of phosphoric acid groups is 2. The topological polar surface area (TPSA) is 225 Å². The van der Waals surface area contributed by atoms with Gasteiger partial charge in [0.2, 0.25) is 0 Å². The molecule has 0 aliphatic rings. The van der Waals surface area contributed by atoms with Crippen molar-refractivity contribution in [3.8, 4) is 0 Å². The van der Waals surface area contributed by atoms with E-state index in [-0.39, 0.29) is 12.8 Å². The number of unbranched alkanes of at least 4 members (excludes halogenated alkanes) is 7. The lowest BCUT2D eigenvalue weighted by Gasteiger charge is -2.19. The van der Waals surface area contributed by atoms with Gasteiger partial charge in [-0.3, -0.25) is 27.7 Å². The number of rotatable bonds is 43. The number of hydrogen-bond acceptors (Lipinski definition) is 13. The summed E-state index contributed by atoms with van der Waals surface area (Å²) in [6, 6.07) is 0. The van der Waals surface area contributed by atoms with Crippen LogP contribution in [0.1, 0.15) is 129 Å². The standard InChI is InChI=1S/C49H80O15P2/c1-3-5-7-9-11-13-15-17-19-20-21-22-24-26-28-30-32-34-36-38-49(54)60-40-46(51)42-62-66(57,58)64-44-47(52)43-63-65(55,56)61-41-45(50)39-59-48(53)37-35-33-31-29-27-25-23-18-16-14-12-10-8-6-4-2/h5-8,10-14,16-17,19,21-22,26,28,32,34,45-47,50-52H,3-4,9,15,18,20,23-25,27,29-31,33,35-44H2,1-2H3,(H,55,56)(H,57,58)/b7-5-,8-6+,12-10+,13-11-,16-14+,19-17-,22-21-,28-26-,34-32-. The molecule has 0 rings (SSSR count). The zero-order valence-electron chi connectivity index (χ0n) is 39.3. The number of esters is 2. The first-order valence-corrected chi connectivity index (χ1v) is 26.3. The van der Waals surface area contributed by atoms with Crippen molar-refractivity contribution in [2.24, 2.45) is 0 Å². The third-order valence-corrected chi connectivity index (χ3v) is 10.7. The summed E-state index contributed by atoms with van der Waals surface area (Å²) in [4.78, 5) is 43.7. The smallest absolute Gasteiger partial charge is 0.463 e. The van der Waals surface area contributed by atoms with Crippen molar-refractivity contribution in [3.63, 3.8) is 0 Å². The molecule has 17 heteroatoms. The molecular weight excluding hydrogens is 890 g/mol. The lowest BCUT2D eigenvalue weighted by atomic mass is 10.1. The van der Waals surface area contributed by atoms with E-state index >= 15 is 0 Å². The molecule has 0 aliphatic carbocycles. The SMILES string of the molecule is CC/C=C\C/C=C\C/C=C\C/C=C\C/C=C\C/C=C\CCC(=O)OCC(O)COP(=O)(O)OCC(O)COP(=O)(O)OCC(O)COC(=O)CCCCCCCCC/C=C/C=C/C=C/CC. The van der Waals surface area contributed by atoms with Gasteiger partial charge < -0.3 is 34.6 Å². The van der Waals surface area contributed by atoms with Gasteiger partial charge in [0.25, 0.3) is 0 Å². The number of carbonyl (C=O) groups is 2. The predicted molar refractivity (Wildman–Crippen MR) is 260 cm³/mol. The van der Waals surface area contributed by atoms with Crippen LogP contribution < -0.4 is 0 Å². The molecule has 15 nitrogen and oxygen atoms in total. The van der Waals surface area contributed by atoms with Gasteiger partial charge in [0, 0.05) is 12.8 Å². The monoisotopic (exact) mass is 970 g/mol. The third kappa shape index (κ3) is 45.8. The maximum absolute atomic E-state index is 12.2. The Morgan fingerprint density at radius 3 is 1.20 bits per heavy atom. The second-order valence-corrected chi connectivity index (χ2v) is 18.0. The molecule has 66 heavy (non-hydrogen) atoms. The van der Waals surface area contributed by atoms with Gasteiger partial charge in [-0.1, -0.05) is 155 Å². The minimum atomic E-state index is -4.81. The highest BCUT2D eigenvalue weighted by Crippen LogP contribution is 2.45. The second-order valence-electron chi connectivity index (χ2n) is 15.1. The van der Waals surface area contributed by atoms with Gasteiger partial charge in [-0.25, -0.2) is 9.13 Å². The maximum Gasteiger partial charge on any atom is 0.472 e. The third-order valence-electron chi connectivity index (χ3n) is 8.80. The first kappa shape index (κ1) is 62.7. The van der Waals surface area contributed by atoms with Crippen LogP contribution in [-0.2, 0) is 46.3 Å². The van der Waals surface area contributed by atoms with Gasteiger partial charge in [0.15, 0.2) is 0 Å². The summed E-state index contributed by atoms with van der Waals surface area (Å²) in [7, 11) is -9.61. The number of aliphatic hydroxyl groups excluding tert-OH is 3. The van der Waals surface area contributed by atoms with Crippen molar-refractivity contribution in [1.82, 2.24) is 0 Å². The lowest BCUT2D eigenvalue weighted by Crippen LogP contribution is -2.25. The largest absolute Gasteiger partial charge is 0.472 e. The Hall–Kier alpha value is -3.30. The van der Waals surface area contributed by atoms with E-state index in [4.69, 9.17) is 9.47 Å². The highest BCUT2D eigenvalue weighted by molar-refractivity contribution is 7.47. The Labute approximate surface area is 394 Å². The molecule has 376 valence electrons. The van der Waals surface area contributed by atoms with E-state index in [1.165, 1.54) is 0 Å². The Bertz CT molecular complexity index is 1600. The Morgan fingerprint density at radius 1 is 0.409 bits per heavy atom. The number of phosphoric ester groups is 2. The van der Waals surface area contributed by atoms with Crippen LogP contribution in [0.3, 0.4) is 0 Å². The van der Waals surface area contributed by atoms with Crippen LogP contribution in [0.4, 0.5) is 0 Å². The number of allylic oxidation sites excluding steroid dienone is 18. The summed E-state index contributed by atoms with van der Waals surface area (Å²) < 4.78 is 52.9. The fourth-order valence-corrected chi connectivity index (χ4v) is 6.83. The molecule has 0 spiro atoms. The fraction of sp³-hybridized carbons (Fsp3) is 0.592. The van der Waals surface area contributed by atoms with E-state index in [2.05, 4.69) is 105 Å². The van der Waals surface area contributed by atoms with E-state index in [0.717, 1.165) is 83.5 Å². The molecule has 0 heterocycles. The molecule has 0 aromatic rings. The van der Waals surface area contributed by atoms with Crippen molar-refractivity contribution in [2.75, 3.05) is 39.6 Å². The zero-order chi connectivity index (χ0) is 48.8. The quantitative estimate of drug-likeness (QED) is 0.0126. The second kappa shape index (κ2) is 44.2. The van der Waals surface area contributed by atoms with Crippen LogP contribution in [0, 0.1) is 0 Å². The molecule has 0 saturated carbocycles. The van der Waals surface area contributed by atoms with Gasteiger partial charge in [-0.2, -0.15) is 0 Å². The van der Waals surface area contributed by atoms with Crippen LogP contribution in [0.2, 0.25) is 0 Å². The normalized spacial score (nSPS) is 16.0. The first-order chi connectivity index (χ1) is 31.8. The summed E-state index contributed by atoms with van der Waals surface area (Å²) in [6.07, 6.45) is 48.1. The summed E-state index contributed by atoms with van der Waals surface area (Å²) >= 11 is 0. The van der Waals surface area contributed by atoms with E-state index in [0.29, 0.717) is 19.3 Å². The molecule has 0 bridgehead atoms. The Kier molecular flexibility index (Phi) is 42.0. The average molecular weight is 971 g/mol. The predicted octanol–water partition coefficient (Wildman–Crippen LogP) is 10.5. The van der Waals surface area contributed by atoms with Gasteiger partial charge >= 0.3 is 27.6 Å². The number of aliphatic hydroxyl groups is 3. The minimum Gasteiger partial charge on any atom is -0.463 e. The maximum atomic E-state index is 12.2. The van der Waals surface area contributed by atoms with E-state index in [1.54, 1.807) is 0 Å². The molecule has 5 unspecified atom stereocenters. The summed E-state index contributed by atoms with van der Waals surface area (Å²) in [6.45, 7) is 0.0330. The molecule has 0 aromatic carbocycles. The Morgan fingerprint density at radius 2 is 0.758 bits per heavy atom.